The first kappa shape index (κ1) is 13.0. The molecule has 0 saturated heterocycles. The molecule has 2 saturated carbocycles. The number of benzene rings is 1. The Morgan fingerprint density at radius 1 is 1.21 bits per heavy atom. The lowest BCUT2D eigenvalue weighted by Gasteiger charge is -2.31. The number of ether oxygens (including phenoxy) is 1. The van der Waals surface area contributed by atoms with Crippen LogP contribution in [0.4, 0.5) is 0 Å². The fourth-order valence-electron chi connectivity index (χ4n) is 3.08. The molecule has 3 rings (SSSR count). The highest BCUT2D eigenvalue weighted by Crippen LogP contribution is 2.48. The predicted octanol–water partition coefficient (Wildman–Crippen LogP) is 3.41. The van der Waals surface area contributed by atoms with Crippen molar-refractivity contribution in [3.8, 4) is 5.75 Å². The molecular weight excluding hydrogens is 234 g/mol. The number of nitrogens with one attached hydrogen (secondary N) is 1. The van der Waals surface area contributed by atoms with Crippen LogP contribution in [0.15, 0.2) is 24.3 Å². The van der Waals surface area contributed by atoms with Crippen LogP contribution in [-0.4, -0.2) is 19.7 Å². The van der Waals surface area contributed by atoms with Crippen molar-refractivity contribution in [2.45, 2.75) is 45.1 Å². The minimum Gasteiger partial charge on any atom is -0.496 e. The van der Waals surface area contributed by atoms with Crippen LogP contribution in [-0.2, 0) is 6.42 Å². The zero-order valence-corrected chi connectivity index (χ0v) is 12.1. The minimum atomic E-state index is 0.386. The maximum Gasteiger partial charge on any atom is 0.122 e. The maximum absolute atomic E-state index is 5.51. The first-order chi connectivity index (χ1) is 9.21. The minimum absolute atomic E-state index is 0.386. The summed E-state index contributed by atoms with van der Waals surface area (Å²) in [5.41, 5.74) is 1.74. The molecule has 104 valence electrons. The first-order valence-corrected chi connectivity index (χ1v) is 7.56. The van der Waals surface area contributed by atoms with Gasteiger partial charge in [0.2, 0.25) is 0 Å². The number of rotatable bonds is 7. The average Bonchev–Trinajstić information content (AvgIpc) is 3.30. The van der Waals surface area contributed by atoms with Gasteiger partial charge in [0, 0.05) is 12.6 Å². The highest BCUT2D eigenvalue weighted by Gasteiger charge is 2.42. The molecule has 19 heavy (non-hydrogen) atoms. The third kappa shape index (κ3) is 3.11. The third-order valence-electron chi connectivity index (χ3n) is 4.72. The van der Waals surface area contributed by atoms with Crippen molar-refractivity contribution in [1.29, 1.82) is 0 Å². The Labute approximate surface area is 116 Å². The summed E-state index contributed by atoms with van der Waals surface area (Å²) < 4.78 is 5.51. The highest BCUT2D eigenvalue weighted by atomic mass is 16.5. The molecule has 1 atom stereocenters. The Morgan fingerprint density at radius 3 is 2.58 bits per heavy atom. The van der Waals surface area contributed by atoms with Gasteiger partial charge in [0.1, 0.15) is 5.75 Å². The molecular formula is C17H25NO. The summed E-state index contributed by atoms with van der Waals surface area (Å²) in [6.45, 7) is 3.60. The SMILES string of the molecule is COc1ccccc1CC(C)(CNC1CC1)C1CC1. The zero-order valence-electron chi connectivity index (χ0n) is 12.1. The number of methoxy groups -OCH3 is 1. The largest absolute Gasteiger partial charge is 0.496 e. The molecule has 1 aromatic carbocycles. The van der Waals surface area contributed by atoms with E-state index in [1.807, 2.05) is 0 Å². The van der Waals surface area contributed by atoms with E-state index in [0.717, 1.165) is 30.7 Å². The summed E-state index contributed by atoms with van der Waals surface area (Å²) in [5, 5.41) is 3.74. The van der Waals surface area contributed by atoms with Crippen molar-refractivity contribution < 1.29 is 4.74 Å². The number of para-hydroxylation sites is 1. The lowest BCUT2D eigenvalue weighted by Crippen LogP contribution is -2.36. The van der Waals surface area contributed by atoms with Gasteiger partial charge in [-0.3, -0.25) is 0 Å². The van der Waals surface area contributed by atoms with Gasteiger partial charge in [-0.2, -0.15) is 0 Å². The van der Waals surface area contributed by atoms with Crippen molar-refractivity contribution in [2.24, 2.45) is 11.3 Å². The lowest BCUT2D eigenvalue weighted by atomic mass is 9.78. The molecule has 0 aromatic heterocycles. The number of hydrogen-bond donors (Lipinski definition) is 1. The first-order valence-electron chi connectivity index (χ1n) is 7.56. The van der Waals surface area contributed by atoms with Crippen molar-refractivity contribution in [2.75, 3.05) is 13.7 Å². The smallest absolute Gasteiger partial charge is 0.122 e. The van der Waals surface area contributed by atoms with Crippen molar-refractivity contribution in [3.63, 3.8) is 0 Å². The Balaban J connectivity index is 1.72. The second-order valence-electron chi connectivity index (χ2n) is 6.57. The molecule has 2 aliphatic rings. The van der Waals surface area contributed by atoms with Gasteiger partial charge in [0.15, 0.2) is 0 Å². The zero-order chi connectivity index (χ0) is 13.3. The van der Waals surface area contributed by atoms with Crippen LogP contribution >= 0.6 is 0 Å². The second kappa shape index (κ2) is 5.16. The second-order valence-corrected chi connectivity index (χ2v) is 6.57. The normalized spacial score (nSPS) is 22.0. The standard InChI is InChI=1S/C17H25NO/c1-17(14-7-8-14,12-18-15-9-10-15)11-13-5-3-4-6-16(13)19-2/h3-6,14-15,18H,7-12H2,1-2H3. The Hall–Kier alpha value is -1.02. The van der Waals surface area contributed by atoms with Gasteiger partial charge in [0.05, 0.1) is 7.11 Å². The molecule has 2 fully saturated rings. The molecule has 0 heterocycles. The molecule has 2 aliphatic carbocycles. The fourth-order valence-corrected chi connectivity index (χ4v) is 3.08. The van der Waals surface area contributed by atoms with E-state index in [0.29, 0.717) is 5.41 Å². The summed E-state index contributed by atoms with van der Waals surface area (Å²) in [6, 6.07) is 9.28. The molecule has 1 aromatic rings. The summed E-state index contributed by atoms with van der Waals surface area (Å²) >= 11 is 0. The van der Waals surface area contributed by atoms with Gasteiger partial charge in [0.25, 0.3) is 0 Å². The van der Waals surface area contributed by atoms with Crippen LogP contribution in [0.3, 0.4) is 0 Å². The Bertz CT molecular complexity index is 437. The van der Waals surface area contributed by atoms with Gasteiger partial charge in [-0.05, 0) is 55.1 Å². The van der Waals surface area contributed by atoms with Crippen LogP contribution in [0.1, 0.15) is 38.2 Å². The summed E-state index contributed by atoms with van der Waals surface area (Å²) in [6.07, 6.45) is 6.67. The monoisotopic (exact) mass is 259 g/mol. The molecule has 2 nitrogen and oxygen atoms in total. The number of hydrogen-bond acceptors (Lipinski definition) is 2. The average molecular weight is 259 g/mol. The van der Waals surface area contributed by atoms with Gasteiger partial charge >= 0.3 is 0 Å². The third-order valence-corrected chi connectivity index (χ3v) is 4.72. The molecule has 1 N–H and O–H groups in total. The fraction of sp³-hybridized carbons (Fsp3) is 0.647. The molecule has 0 amide bonds. The maximum atomic E-state index is 5.51. The van der Waals surface area contributed by atoms with Crippen LogP contribution in [0.25, 0.3) is 0 Å². The van der Waals surface area contributed by atoms with Crippen LogP contribution in [0.5, 0.6) is 5.75 Å². The van der Waals surface area contributed by atoms with E-state index in [1.165, 1.54) is 31.2 Å². The summed E-state index contributed by atoms with van der Waals surface area (Å²) in [5.74, 6) is 1.93. The van der Waals surface area contributed by atoms with Crippen molar-refractivity contribution >= 4 is 0 Å². The van der Waals surface area contributed by atoms with Gasteiger partial charge < -0.3 is 10.1 Å². The predicted molar refractivity (Wildman–Crippen MR) is 78.6 cm³/mol. The lowest BCUT2D eigenvalue weighted by molar-refractivity contribution is 0.251. The van der Waals surface area contributed by atoms with Crippen LogP contribution < -0.4 is 10.1 Å². The van der Waals surface area contributed by atoms with E-state index in [1.54, 1.807) is 7.11 Å². The molecule has 0 radical (unpaired) electrons. The Kier molecular flexibility index (Phi) is 3.53. The van der Waals surface area contributed by atoms with Crippen LogP contribution in [0, 0.1) is 11.3 Å². The topological polar surface area (TPSA) is 21.3 Å². The van der Waals surface area contributed by atoms with Crippen LogP contribution in [0.2, 0.25) is 0 Å². The van der Waals surface area contributed by atoms with E-state index in [4.69, 9.17) is 4.74 Å². The summed E-state index contributed by atoms with van der Waals surface area (Å²) in [4.78, 5) is 0. The van der Waals surface area contributed by atoms with E-state index in [2.05, 4.69) is 36.5 Å². The Morgan fingerprint density at radius 2 is 1.95 bits per heavy atom. The molecule has 0 aliphatic heterocycles. The molecule has 0 bridgehead atoms. The van der Waals surface area contributed by atoms with E-state index < -0.39 is 0 Å². The molecule has 1 unspecified atom stereocenters. The van der Waals surface area contributed by atoms with Crippen molar-refractivity contribution in [1.82, 2.24) is 5.32 Å². The van der Waals surface area contributed by atoms with Crippen molar-refractivity contribution in [3.05, 3.63) is 29.8 Å². The quantitative estimate of drug-likeness (QED) is 0.810. The highest BCUT2D eigenvalue weighted by molar-refractivity contribution is 5.34. The molecule has 0 spiro atoms. The van der Waals surface area contributed by atoms with E-state index in [9.17, 15) is 0 Å². The van der Waals surface area contributed by atoms with Gasteiger partial charge in [-0.15, -0.1) is 0 Å². The molecule has 2 heteroatoms. The van der Waals surface area contributed by atoms with Gasteiger partial charge in [-0.25, -0.2) is 0 Å². The van der Waals surface area contributed by atoms with E-state index in [-0.39, 0.29) is 0 Å². The van der Waals surface area contributed by atoms with E-state index >= 15 is 0 Å². The summed E-state index contributed by atoms with van der Waals surface area (Å²) in [7, 11) is 1.77. The van der Waals surface area contributed by atoms with Gasteiger partial charge in [-0.1, -0.05) is 25.1 Å².